The van der Waals surface area contributed by atoms with Gasteiger partial charge in [0.05, 0.1) is 11.1 Å². The van der Waals surface area contributed by atoms with Gasteiger partial charge in [-0.15, -0.1) is 0 Å². The second-order valence-electron chi connectivity index (χ2n) is 5.64. The molecule has 1 aromatic rings. The standard InChI is InChI=1S/C14H19N3O4/c1-8-9(2)16-17(3)12(19)10(8)11(18)15-7-14(13(20)21)5-4-6-14/h4-7H2,1-3H3,(H,15,18)(H,20,21). The second kappa shape index (κ2) is 5.31. The zero-order valence-corrected chi connectivity index (χ0v) is 12.4. The van der Waals surface area contributed by atoms with Crippen molar-refractivity contribution in [2.24, 2.45) is 12.5 Å². The maximum absolute atomic E-state index is 12.3. The van der Waals surface area contributed by atoms with Crippen molar-refractivity contribution in [2.75, 3.05) is 6.54 Å². The Labute approximate surface area is 122 Å². The summed E-state index contributed by atoms with van der Waals surface area (Å²) < 4.78 is 1.12. The number of nitrogens with one attached hydrogen (secondary N) is 1. The molecule has 114 valence electrons. The van der Waals surface area contributed by atoms with Gasteiger partial charge in [0, 0.05) is 13.6 Å². The molecular weight excluding hydrogens is 274 g/mol. The van der Waals surface area contributed by atoms with E-state index in [1.54, 1.807) is 13.8 Å². The fourth-order valence-electron chi connectivity index (χ4n) is 2.52. The third-order valence-electron chi connectivity index (χ3n) is 4.30. The second-order valence-corrected chi connectivity index (χ2v) is 5.64. The zero-order valence-electron chi connectivity index (χ0n) is 12.4. The van der Waals surface area contributed by atoms with Crippen molar-refractivity contribution in [3.8, 4) is 0 Å². The van der Waals surface area contributed by atoms with Gasteiger partial charge in [0.1, 0.15) is 5.56 Å². The Morgan fingerprint density at radius 2 is 2.00 bits per heavy atom. The van der Waals surface area contributed by atoms with Gasteiger partial charge >= 0.3 is 5.97 Å². The van der Waals surface area contributed by atoms with Gasteiger partial charge in [0.2, 0.25) is 0 Å². The van der Waals surface area contributed by atoms with Gasteiger partial charge in [-0.3, -0.25) is 14.4 Å². The molecule has 0 saturated heterocycles. The highest BCUT2D eigenvalue weighted by Gasteiger charge is 2.44. The number of aromatic nitrogens is 2. The average Bonchev–Trinajstić information content (AvgIpc) is 2.35. The van der Waals surface area contributed by atoms with Crippen LogP contribution in [0.15, 0.2) is 4.79 Å². The summed E-state index contributed by atoms with van der Waals surface area (Å²) in [5.41, 5.74) is -0.206. The van der Waals surface area contributed by atoms with Crippen molar-refractivity contribution in [1.29, 1.82) is 0 Å². The van der Waals surface area contributed by atoms with Gasteiger partial charge in [-0.05, 0) is 32.3 Å². The Hall–Kier alpha value is -2.18. The maximum Gasteiger partial charge on any atom is 0.311 e. The van der Waals surface area contributed by atoms with Crippen LogP contribution >= 0.6 is 0 Å². The van der Waals surface area contributed by atoms with E-state index in [0.717, 1.165) is 11.1 Å². The molecule has 7 nitrogen and oxygen atoms in total. The monoisotopic (exact) mass is 293 g/mol. The number of carboxylic acid groups (broad SMARTS) is 1. The van der Waals surface area contributed by atoms with Crippen molar-refractivity contribution in [2.45, 2.75) is 33.1 Å². The number of aryl methyl sites for hydroxylation is 2. The number of hydrogen-bond acceptors (Lipinski definition) is 4. The number of aliphatic carboxylic acids is 1. The van der Waals surface area contributed by atoms with Gasteiger partial charge in [0.15, 0.2) is 0 Å². The molecule has 0 aliphatic heterocycles. The van der Waals surface area contributed by atoms with Crippen LogP contribution < -0.4 is 10.9 Å². The Morgan fingerprint density at radius 1 is 1.38 bits per heavy atom. The smallest absolute Gasteiger partial charge is 0.311 e. The number of nitrogens with zero attached hydrogens (tertiary/aromatic N) is 2. The van der Waals surface area contributed by atoms with Crippen LogP contribution in [0.3, 0.4) is 0 Å². The van der Waals surface area contributed by atoms with Gasteiger partial charge in [-0.2, -0.15) is 5.10 Å². The van der Waals surface area contributed by atoms with Crippen LogP contribution in [-0.2, 0) is 11.8 Å². The highest BCUT2D eigenvalue weighted by molar-refractivity contribution is 5.95. The first-order valence-electron chi connectivity index (χ1n) is 6.84. The van der Waals surface area contributed by atoms with Crippen molar-refractivity contribution in [1.82, 2.24) is 15.1 Å². The van der Waals surface area contributed by atoms with E-state index in [1.807, 2.05) is 0 Å². The molecular formula is C14H19N3O4. The summed E-state index contributed by atoms with van der Waals surface area (Å²) >= 11 is 0. The van der Waals surface area contributed by atoms with Crippen LogP contribution in [0.4, 0.5) is 0 Å². The van der Waals surface area contributed by atoms with E-state index in [2.05, 4.69) is 10.4 Å². The molecule has 0 atom stereocenters. The van der Waals surface area contributed by atoms with Gasteiger partial charge in [-0.25, -0.2) is 4.68 Å². The van der Waals surface area contributed by atoms with Crippen molar-refractivity contribution in [3.63, 3.8) is 0 Å². The fourth-order valence-corrected chi connectivity index (χ4v) is 2.52. The molecule has 7 heteroatoms. The van der Waals surface area contributed by atoms with E-state index >= 15 is 0 Å². The van der Waals surface area contributed by atoms with E-state index in [9.17, 15) is 19.5 Å². The Morgan fingerprint density at radius 3 is 2.48 bits per heavy atom. The Kier molecular flexibility index (Phi) is 3.85. The highest BCUT2D eigenvalue weighted by Crippen LogP contribution is 2.40. The minimum absolute atomic E-state index is 0.0323. The summed E-state index contributed by atoms with van der Waals surface area (Å²) in [6.45, 7) is 3.43. The van der Waals surface area contributed by atoms with E-state index in [0.29, 0.717) is 24.1 Å². The lowest BCUT2D eigenvalue weighted by Gasteiger charge is -2.37. The number of carbonyl (C=O) groups excluding carboxylic acids is 1. The molecule has 0 radical (unpaired) electrons. The van der Waals surface area contributed by atoms with Crippen molar-refractivity contribution in [3.05, 3.63) is 27.2 Å². The van der Waals surface area contributed by atoms with E-state index in [1.165, 1.54) is 7.05 Å². The van der Waals surface area contributed by atoms with Crippen LogP contribution in [0.25, 0.3) is 0 Å². The van der Waals surface area contributed by atoms with Crippen LogP contribution in [0, 0.1) is 19.3 Å². The lowest BCUT2D eigenvalue weighted by atomic mass is 9.69. The molecule has 1 amide bonds. The molecule has 1 aliphatic carbocycles. The number of carbonyl (C=O) groups is 2. The van der Waals surface area contributed by atoms with E-state index in [-0.39, 0.29) is 12.1 Å². The Balaban J connectivity index is 2.22. The van der Waals surface area contributed by atoms with Crippen LogP contribution in [0.2, 0.25) is 0 Å². The predicted octanol–water partition coefficient (Wildman–Crippen LogP) is 0.382. The summed E-state index contributed by atoms with van der Waals surface area (Å²) in [4.78, 5) is 35.6. The maximum atomic E-state index is 12.3. The molecule has 2 N–H and O–H groups in total. The average molecular weight is 293 g/mol. The molecule has 1 heterocycles. The summed E-state index contributed by atoms with van der Waals surface area (Å²) in [6.07, 6.45) is 1.95. The molecule has 0 bridgehead atoms. The first kappa shape index (κ1) is 15.2. The quantitative estimate of drug-likeness (QED) is 0.835. The first-order chi connectivity index (χ1) is 9.78. The molecule has 0 spiro atoms. The topological polar surface area (TPSA) is 101 Å². The molecule has 1 saturated carbocycles. The molecule has 2 rings (SSSR count). The Bertz CT molecular complexity index is 659. The van der Waals surface area contributed by atoms with Crippen molar-refractivity contribution >= 4 is 11.9 Å². The lowest BCUT2D eigenvalue weighted by Crippen LogP contribution is -2.48. The molecule has 0 unspecified atom stereocenters. The normalized spacial score (nSPS) is 16.1. The van der Waals surface area contributed by atoms with Gasteiger partial charge in [0.25, 0.3) is 11.5 Å². The van der Waals surface area contributed by atoms with E-state index in [4.69, 9.17) is 0 Å². The minimum Gasteiger partial charge on any atom is -0.481 e. The molecule has 1 aromatic heterocycles. The fraction of sp³-hybridized carbons (Fsp3) is 0.571. The van der Waals surface area contributed by atoms with Crippen LogP contribution in [0.5, 0.6) is 0 Å². The van der Waals surface area contributed by atoms with Gasteiger partial charge < -0.3 is 10.4 Å². The minimum atomic E-state index is -0.899. The summed E-state index contributed by atoms with van der Waals surface area (Å²) in [7, 11) is 1.48. The van der Waals surface area contributed by atoms with Crippen molar-refractivity contribution < 1.29 is 14.7 Å². The molecule has 1 aliphatic rings. The molecule has 21 heavy (non-hydrogen) atoms. The summed E-state index contributed by atoms with van der Waals surface area (Å²) in [6, 6.07) is 0. The third-order valence-corrected chi connectivity index (χ3v) is 4.30. The highest BCUT2D eigenvalue weighted by atomic mass is 16.4. The number of hydrogen-bond donors (Lipinski definition) is 2. The summed E-state index contributed by atoms with van der Waals surface area (Å²) in [5.74, 6) is -1.43. The number of carboxylic acids is 1. The van der Waals surface area contributed by atoms with E-state index < -0.39 is 22.9 Å². The van der Waals surface area contributed by atoms with Gasteiger partial charge in [-0.1, -0.05) is 6.42 Å². The van der Waals surface area contributed by atoms with Crippen LogP contribution in [-0.4, -0.2) is 33.3 Å². The van der Waals surface area contributed by atoms with Crippen LogP contribution in [0.1, 0.15) is 40.9 Å². The molecule has 0 aromatic carbocycles. The SMILES string of the molecule is Cc1nn(C)c(=O)c(C(=O)NCC2(C(=O)O)CCC2)c1C. The lowest BCUT2D eigenvalue weighted by molar-refractivity contribution is -0.153. The number of amides is 1. The number of rotatable bonds is 4. The molecule has 1 fully saturated rings. The summed E-state index contributed by atoms with van der Waals surface area (Å²) in [5, 5.41) is 15.8. The largest absolute Gasteiger partial charge is 0.481 e. The predicted molar refractivity (Wildman–Crippen MR) is 75.2 cm³/mol. The third kappa shape index (κ3) is 2.55. The zero-order chi connectivity index (χ0) is 15.8. The first-order valence-corrected chi connectivity index (χ1v) is 6.84.